The highest BCUT2D eigenvalue weighted by atomic mass is 32.2. The summed E-state index contributed by atoms with van der Waals surface area (Å²) in [6.07, 6.45) is 0. The van der Waals surface area contributed by atoms with Gasteiger partial charge in [0.15, 0.2) is 0 Å². The molecule has 7 heteroatoms. The summed E-state index contributed by atoms with van der Waals surface area (Å²) < 4.78 is 68.6. The Morgan fingerprint density at radius 2 is 1.52 bits per heavy atom. The number of halogens is 3. The van der Waals surface area contributed by atoms with E-state index in [0.717, 1.165) is 28.1 Å². The van der Waals surface area contributed by atoms with Crippen LogP contribution in [0.2, 0.25) is 0 Å². The molecule has 3 aromatic carbocycles. The molecule has 140 valence electrons. The van der Waals surface area contributed by atoms with E-state index >= 15 is 0 Å². The van der Waals surface area contributed by atoms with Crippen LogP contribution in [-0.4, -0.2) is 8.42 Å². The molecule has 0 aliphatic rings. The Kier molecular flexibility index (Phi) is 5.23. The summed E-state index contributed by atoms with van der Waals surface area (Å²) in [4.78, 5) is -0.520. The zero-order chi connectivity index (χ0) is 19.6. The minimum absolute atomic E-state index is 0.0307. The molecule has 0 atom stereocenters. The first-order valence-electron chi connectivity index (χ1n) is 8.07. The van der Waals surface area contributed by atoms with Gasteiger partial charge in [-0.05, 0) is 37.3 Å². The van der Waals surface area contributed by atoms with Crippen LogP contribution in [0.3, 0.4) is 0 Å². The van der Waals surface area contributed by atoms with Crippen molar-refractivity contribution in [2.75, 3.05) is 4.31 Å². The Morgan fingerprint density at radius 1 is 0.852 bits per heavy atom. The van der Waals surface area contributed by atoms with Crippen molar-refractivity contribution < 1.29 is 21.6 Å². The second-order valence-electron chi connectivity index (χ2n) is 6.01. The number of sulfonamides is 1. The topological polar surface area (TPSA) is 37.4 Å². The van der Waals surface area contributed by atoms with Gasteiger partial charge in [-0.1, -0.05) is 35.9 Å². The van der Waals surface area contributed by atoms with Gasteiger partial charge in [-0.15, -0.1) is 0 Å². The zero-order valence-electron chi connectivity index (χ0n) is 14.4. The Balaban J connectivity index is 2.12. The summed E-state index contributed by atoms with van der Waals surface area (Å²) in [6.45, 7) is 1.42. The average Bonchev–Trinajstić information content (AvgIpc) is 2.62. The van der Waals surface area contributed by atoms with E-state index in [2.05, 4.69) is 0 Å². The molecule has 0 N–H and O–H groups in total. The van der Waals surface area contributed by atoms with Crippen LogP contribution in [0.25, 0.3) is 0 Å². The molecule has 0 bridgehead atoms. The van der Waals surface area contributed by atoms with Gasteiger partial charge in [0.1, 0.15) is 22.3 Å². The predicted octanol–water partition coefficient (Wildman–Crippen LogP) is 4.81. The van der Waals surface area contributed by atoms with E-state index in [9.17, 15) is 21.6 Å². The molecule has 0 heterocycles. The van der Waals surface area contributed by atoms with Crippen LogP contribution in [0.5, 0.6) is 0 Å². The van der Waals surface area contributed by atoms with E-state index in [4.69, 9.17) is 0 Å². The van der Waals surface area contributed by atoms with E-state index < -0.39 is 38.9 Å². The standard InChI is InChI=1S/C20H16F3NO2S/c1-14-6-10-17(11-7-14)24(13-15-8-9-16(21)12-19(15)23)27(25,26)20-5-3-2-4-18(20)22/h2-12H,13H2,1H3. The molecule has 0 aromatic heterocycles. The van der Waals surface area contributed by atoms with Gasteiger partial charge in [-0.25, -0.2) is 21.6 Å². The fraction of sp³-hybridized carbons (Fsp3) is 0.100. The van der Waals surface area contributed by atoms with Crippen LogP contribution < -0.4 is 4.31 Å². The van der Waals surface area contributed by atoms with Gasteiger partial charge in [0.05, 0.1) is 12.2 Å². The van der Waals surface area contributed by atoms with Gasteiger partial charge in [0, 0.05) is 11.6 Å². The van der Waals surface area contributed by atoms with Crippen molar-refractivity contribution in [3.05, 3.63) is 95.3 Å². The van der Waals surface area contributed by atoms with Gasteiger partial charge < -0.3 is 0 Å². The number of hydrogen-bond donors (Lipinski definition) is 0. The molecule has 3 aromatic rings. The second kappa shape index (κ2) is 7.44. The zero-order valence-corrected chi connectivity index (χ0v) is 15.2. The maximum absolute atomic E-state index is 14.2. The number of hydrogen-bond acceptors (Lipinski definition) is 2. The third-order valence-corrected chi connectivity index (χ3v) is 5.86. The molecule has 0 amide bonds. The molecule has 0 aliphatic carbocycles. The lowest BCUT2D eigenvalue weighted by molar-refractivity contribution is 0.559. The maximum Gasteiger partial charge on any atom is 0.267 e. The van der Waals surface area contributed by atoms with Crippen molar-refractivity contribution >= 4 is 15.7 Å². The number of rotatable bonds is 5. The van der Waals surface area contributed by atoms with Gasteiger partial charge >= 0.3 is 0 Å². The van der Waals surface area contributed by atoms with Crippen LogP contribution in [0.1, 0.15) is 11.1 Å². The highest BCUT2D eigenvalue weighted by molar-refractivity contribution is 7.92. The smallest absolute Gasteiger partial charge is 0.262 e. The van der Waals surface area contributed by atoms with Crippen molar-refractivity contribution in [3.8, 4) is 0 Å². The lowest BCUT2D eigenvalue weighted by atomic mass is 10.2. The first-order valence-corrected chi connectivity index (χ1v) is 9.51. The SMILES string of the molecule is Cc1ccc(N(Cc2ccc(F)cc2F)S(=O)(=O)c2ccccc2F)cc1. The fourth-order valence-electron chi connectivity index (χ4n) is 2.60. The first kappa shape index (κ1) is 19.0. The largest absolute Gasteiger partial charge is 0.267 e. The van der Waals surface area contributed by atoms with Gasteiger partial charge in [0.25, 0.3) is 10.0 Å². The molecule has 27 heavy (non-hydrogen) atoms. The van der Waals surface area contributed by atoms with Crippen LogP contribution in [-0.2, 0) is 16.6 Å². The van der Waals surface area contributed by atoms with Gasteiger partial charge in [-0.3, -0.25) is 4.31 Å². The van der Waals surface area contributed by atoms with E-state index in [1.54, 1.807) is 24.3 Å². The first-order chi connectivity index (χ1) is 12.8. The van der Waals surface area contributed by atoms with E-state index in [1.807, 2.05) is 6.92 Å². The quantitative estimate of drug-likeness (QED) is 0.626. The monoisotopic (exact) mass is 391 g/mol. The third kappa shape index (κ3) is 3.98. The number of benzene rings is 3. The summed E-state index contributed by atoms with van der Waals surface area (Å²) in [7, 11) is -4.32. The van der Waals surface area contributed by atoms with Gasteiger partial charge in [-0.2, -0.15) is 0 Å². The lowest BCUT2D eigenvalue weighted by Crippen LogP contribution is -2.31. The highest BCUT2D eigenvalue weighted by Crippen LogP contribution is 2.28. The minimum atomic E-state index is -4.32. The number of aryl methyl sites for hydroxylation is 1. The fourth-order valence-corrected chi connectivity index (χ4v) is 4.11. The maximum atomic E-state index is 14.2. The Labute approximate surface area is 155 Å². The molecule has 0 saturated carbocycles. The average molecular weight is 391 g/mol. The molecule has 0 aliphatic heterocycles. The number of anilines is 1. The summed E-state index contributed by atoms with van der Waals surface area (Å²) in [6, 6.07) is 14.4. The summed E-state index contributed by atoms with van der Waals surface area (Å²) in [5, 5.41) is 0. The van der Waals surface area contributed by atoms with Crippen LogP contribution in [0.15, 0.2) is 71.6 Å². The van der Waals surface area contributed by atoms with Crippen LogP contribution in [0, 0.1) is 24.4 Å². The van der Waals surface area contributed by atoms with Crippen LogP contribution in [0.4, 0.5) is 18.9 Å². The normalized spacial score (nSPS) is 11.4. The van der Waals surface area contributed by atoms with Gasteiger partial charge in [0.2, 0.25) is 0 Å². The van der Waals surface area contributed by atoms with Crippen molar-refractivity contribution in [3.63, 3.8) is 0 Å². The van der Waals surface area contributed by atoms with Crippen LogP contribution >= 0.6 is 0 Å². The molecule has 0 spiro atoms. The molecule has 0 unspecified atom stereocenters. The molecular formula is C20H16F3NO2S. The van der Waals surface area contributed by atoms with Crippen molar-refractivity contribution in [2.24, 2.45) is 0 Å². The van der Waals surface area contributed by atoms with Crippen molar-refractivity contribution in [1.82, 2.24) is 0 Å². The van der Waals surface area contributed by atoms with Crippen molar-refractivity contribution in [2.45, 2.75) is 18.4 Å². The molecule has 3 nitrogen and oxygen atoms in total. The van der Waals surface area contributed by atoms with E-state index in [-0.39, 0.29) is 11.3 Å². The Bertz CT molecular complexity index is 1070. The number of nitrogens with zero attached hydrogens (tertiary/aromatic N) is 1. The lowest BCUT2D eigenvalue weighted by Gasteiger charge is -2.25. The van der Waals surface area contributed by atoms with Crippen molar-refractivity contribution in [1.29, 1.82) is 0 Å². The molecular weight excluding hydrogens is 375 g/mol. The molecule has 0 saturated heterocycles. The molecule has 3 rings (SSSR count). The molecule has 0 fully saturated rings. The predicted molar refractivity (Wildman–Crippen MR) is 97.3 cm³/mol. The highest BCUT2D eigenvalue weighted by Gasteiger charge is 2.28. The summed E-state index contributed by atoms with van der Waals surface area (Å²) in [5.41, 5.74) is 1.11. The Morgan fingerprint density at radius 3 is 2.15 bits per heavy atom. The summed E-state index contributed by atoms with van der Waals surface area (Å²) in [5.74, 6) is -2.56. The third-order valence-electron chi connectivity index (χ3n) is 4.06. The Hall–Kier alpha value is -2.80. The minimum Gasteiger partial charge on any atom is -0.262 e. The molecule has 0 radical (unpaired) electrons. The summed E-state index contributed by atoms with van der Waals surface area (Å²) >= 11 is 0. The second-order valence-corrected chi connectivity index (χ2v) is 7.84. The van der Waals surface area contributed by atoms with E-state index in [0.29, 0.717) is 6.07 Å². The van der Waals surface area contributed by atoms with E-state index in [1.165, 1.54) is 18.2 Å².